The fourth-order valence-corrected chi connectivity index (χ4v) is 5.34. The summed E-state index contributed by atoms with van der Waals surface area (Å²) in [6.07, 6.45) is -2.54. The number of aliphatic hydroxyl groups is 1. The molecule has 1 unspecified atom stereocenters. The average molecular weight is 582 g/mol. The lowest BCUT2D eigenvalue weighted by molar-refractivity contribution is -0.148. The fourth-order valence-electron chi connectivity index (χ4n) is 3.82. The number of nitrogens with one attached hydrogen (secondary N) is 2. The number of ether oxygens (including phenoxy) is 2. The molecule has 5 N–H and O–H groups in total. The number of carbonyl (C=O) groups is 2. The van der Waals surface area contributed by atoms with Crippen molar-refractivity contribution >= 4 is 30.4 Å². The Balaban J connectivity index is 1.81. The molecule has 11 nitrogen and oxygen atoms in total. The molecule has 0 bridgehead atoms. The molecule has 0 radical (unpaired) electrons. The Hall–Kier alpha value is -3.02. The quantitative estimate of drug-likeness (QED) is 0.166. The maximum absolute atomic E-state index is 15.2. The van der Waals surface area contributed by atoms with Crippen molar-refractivity contribution < 1.29 is 42.2 Å². The molecule has 2 aromatic carbocycles. The molecule has 13 heteroatoms. The highest BCUT2D eigenvalue weighted by molar-refractivity contribution is 7.52. The zero-order chi connectivity index (χ0) is 29.7. The van der Waals surface area contributed by atoms with Gasteiger partial charge in [0.2, 0.25) is 5.91 Å². The summed E-state index contributed by atoms with van der Waals surface area (Å²) in [5.74, 6) is -1.24. The molecule has 1 fully saturated rings. The Bertz CT molecular complexity index is 1280. The summed E-state index contributed by atoms with van der Waals surface area (Å²) < 4.78 is 51.5. The molecule has 1 amide bonds. The van der Waals surface area contributed by atoms with E-state index < -0.39 is 56.4 Å². The van der Waals surface area contributed by atoms with Crippen molar-refractivity contribution in [2.45, 2.75) is 64.8 Å². The van der Waals surface area contributed by atoms with Crippen LogP contribution < -0.4 is 20.7 Å². The highest BCUT2D eigenvalue weighted by Gasteiger charge is 2.54. The lowest BCUT2D eigenvalue weighted by atomic mass is 9.98. The lowest BCUT2D eigenvalue weighted by Crippen LogP contribution is -2.48. The summed E-state index contributed by atoms with van der Waals surface area (Å²) in [5.41, 5.74) is 2.72. The van der Waals surface area contributed by atoms with Gasteiger partial charge in [-0.3, -0.25) is 14.1 Å². The molecule has 2 aromatic rings. The minimum atomic E-state index is -4.37. The number of fused-ring (bicyclic) bond motifs is 1. The standard InChI is InChI=1S/C27H37FN3O8P/c1-17(24(33)36-16-26(2,3)4)31-40(35,39-20-12-8-10-18-9-6-7-11-19(18)20)37-15-21-23(28)27(5,34)25(38-21)30-14-13-22(29)32/h6-14,17,21,23,25,30,34H,15-16H2,1-5H3,(H2,29,32)(H,31,35)/b14-13-/t17-,21+,23+,25+,27+,40?/m0/s1. The molecule has 1 heterocycles. The van der Waals surface area contributed by atoms with Crippen LogP contribution in [0.5, 0.6) is 5.75 Å². The van der Waals surface area contributed by atoms with Gasteiger partial charge in [0.15, 0.2) is 12.4 Å². The van der Waals surface area contributed by atoms with Crippen LogP contribution in [0, 0.1) is 5.41 Å². The number of alkyl halides is 1. The van der Waals surface area contributed by atoms with Gasteiger partial charge in [0, 0.05) is 17.7 Å². The SMILES string of the molecule is C[C@H](NP(=O)(OC[C@H]1O[C@@H](N/C=C\C(N)=O)[C@](C)(O)[C@@H]1F)Oc1cccc2ccccc12)C(=O)OCC(C)(C)C. The Labute approximate surface area is 232 Å². The van der Waals surface area contributed by atoms with Crippen molar-refractivity contribution in [1.82, 2.24) is 10.4 Å². The van der Waals surface area contributed by atoms with Gasteiger partial charge in [-0.1, -0.05) is 57.2 Å². The zero-order valence-corrected chi connectivity index (χ0v) is 24.0. The number of esters is 1. The Morgan fingerprint density at radius 3 is 2.60 bits per heavy atom. The lowest BCUT2D eigenvalue weighted by Gasteiger charge is -2.26. The number of hydrogen-bond acceptors (Lipinski definition) is 9. The van der Waals surface area contributed by atoms with Gasteiger partial charge in [0.05, 0.1) is 13.2 Å². The number of halogens is 1. The largest absolute Gasteiger partial charge is 0.464 e. The number of hydrogen-bond donors (Lipinski definition) is 4. The summed E-state index contributed by atoms with van der Waals surface area (Å²) in [6.45, 7) is 7.83. The molecule has 220 valence electrons. The van der Waals surface area contributed by atoms with Crippen LogP contribution in [0.15, 0.2) is 54.7 Å². The van der Waals surface area contributed by atoms with Crippen LogP contribution in [0.1, 0.15) is 34.6 Å². The number of amides is 1. The van der Waals surface area contributed by atoms with E-state index in [-0.39, 0.29) is 17.8 Å². The first-order chi connectivity index (χ1) is 18.6. The molecule has 1 saturated heterocycles. The van der Waals surface area contributed by atoms with Crippen molar-refractivity contribution in [3.63, 3.8) is 0 Å². The van der Waals surface area contributed by atoms with E-state index in [1.54, 1.807) is 24.3 Å². The third-order valence-corrected chi connectivity index (χ3v) is 7.58. The van der Waals surface area contributed by atoms with Gasteiger partial charge < -0.3 is 30.2 Å². The second-order valence-electron chi connectivity index (χ2n) is 11.0. The fraction of sp³-hybridized carbons (Fsp3) is 0.481. The van der Waals surface area contributed by atoms with Crippen molar-refractivity contribution in [2.24, 2.45) is 11.1 Å². The summed E-state index contributed by atoms with van der Waals surface area (Å²) >= 11 is 0. The van der Waals surface area contributed by atoms with Gasteiger partial charge in [-0.15, -0.1) is 0 Å². The predicted molar refractivity (Wildman–Crippen MR) is 147 cm³/mol. The van der Waals surface area contributed by atoms with Crippen molar-refractivity contribution in [1.29, 1.82) is 0 Å². The smallest absolute Gasteiger partial charge is 0.459 e. The molecule has 0 aromatic heterocycles. The number of benzene rings is 2. The highest BCUT2D eigenvalue weighted by atomic mass is 31.2. The van der Waals surface area contributed by atoms with Crippen LogP contribution in [-0.4, -0.2) is 60.3 Å². The van der Waals surface area contributed by atoms with Crippen LogP contribution in [0.4, 0.5) is 4.39 Å². The predicted octanol–water partition coefficient (Wildman–Crippen LogP) is 3.31. The van der Waals surface area contributed by atoms with Crippen LogP contribution >= 0.6 is 7.75 Å². The summed E-state index contributed by atoms with van der Waals surface area (Å²) in [4.78, 5) is 23.6. The summed E-state index contributed by atoms with van der Waals surface area (Å²) in [5, 5.41) is 17.2. The number of rotatable bonds is 12. The minimum absolute atomic E-state index is 0.125. The van der Waals surface area contributed by atoms with Crippen LogP contribution in [0.2, 0.25) is 0 Å². The van der Waals surface area contributed by atoms with E-state index in [9.17, 15) is 19.3 Å². The van der Waals surface area contributed by atoms with Crippen LogP contribution in [0.25, 0.3) is 10.8 Å². The van der Waals surface area contributed by atoms with Gasteiger partial charge in [-0.25, -0.2) is 8.96 Å². The van der Waals surface area contributed by atoms with Crippen molar-refractivity contribution in [2.75, 3.05) is 13.2 Å². The van der Waals surface area contributed by atoms with E-state index >= 15 is 4.39 Å². The van der Waals surface area contributed by atoms with E-state index in [0.29, 0.717) is 5.39 Å². The van der Waals surface area contributed by atoms with E-state index in [0.717, 1.165) is 17.7 Å². The van der Waals surface area contributed by atoms with E-state index in [1.165, 1.54) is 13.8 Å². The summed E-state index contributed by atoms with van der Waals surface area (Å²) in [6, 6.07) is 11.2. The molecule has 40 heavy (non-hydrogen) atoms. The number of carbonyl (C=O) groups excluding carboxylic acids is 2. The molecule has 6 atom stereocenters. The van der Waals surface area contributed by atoms with Gasteiger partial charge >= 0.3 is 13.7 Å². The molecule has 0 saturated carbocycles. The maximum Gasteiger partial charge on any atom is 0.459 e. The normalized spacial score (nSPS) is 25.4. The van der Waals surface area contributed by atoms with Gasteiger partial charge in [0.1, 0.15) is 23.5 Å². The minimum Gasteiger partial charge on any atom is -0.464 e. The first kappa shape index (κ1) is 31.5. The highest BCUT2D eigenvalue weighted by Crippen LogP contribution is 2.48. The van der Waals surface area contributed by atoms with Gasteiger partial charge in [-0.05, 0) is 30.7 Å². The summed E-state index contributed by atoms with van der Waals surface area (Å²) in [7, 11) is -4.37. The molecule has 1 aliphatic heterocycles. The first-order valence-corrected chi connectivity index (χ1v) is 14.3. The van der Waals surface area contributed by atoms with Crippen LogP contribution in [-0.2, 0) is 28.2 Å². The monoisotopic (exact) mass is 581 g/mol. The Morgan fingerprint density at radius 2 is 1.93 bits per heavy atom. The average Bonchev–Trinajstić information content (AvgIpc) is 3.08. The second-order valence-corrected chi connectivity index (χ2v) is 12.7. The van der Waals surface area contributed by atoms with Gasteiger partial charge in [-0.2, -0.15) is 5.09 Å². The van der Waals surface area contributed by atoms with Gasteiger partial charge in [0.25, 0.3) is 0 Å². The van der Waals surface area contributed by atoms with Crippen molar-refractivity contribution in [3.05, 3.63) is 54.7 Å². The molecule has 0 aliphatic carbocycles. The van der Waals surface area contributed by atoms with Crippen molar-refractivity contribution in [3.8, 4) is 5.75 Å². The third kappa shape index (κ3) is 8.25. The van der Waals surface area contributed by atoms with Crippen LogP contribution in [0.3, 0.4) is 0 Å². The Morgan fingerprint density at radius 1 is 1.25 bits per heavy atom. The molecule has 1 aliphatic rings. The van der Waals surface area contributed by atoms with E-state index in [1.807, 2.05) is 39.0 Å². The number of primary amides is 1. The van der Waals surface area contributed by atoms with E-state index in [4.69, 9.17) is 24.3 Å². The Kier molecular flexibility index (Phi) is 9.97. The maximum atomic E-state index is 15.2. The second kappa shape index (κ2) is 12.7. The van der Waals surface area contributed by atoms with E-state index in [2.05, 4.69) is 10.4 Å². The zero-order valence-electron chi connectivity index (χ0n) is 23.1. The molecule has 0 spiro atoms. The topological polar surface area (TPSA) is 158 Å². The number of nitrogens with two attached hydrogens (primary N) is 1. The molecular formula is C27H37FN3O8P. The first-order valence-electron chi connectivity index (χ1n) is 12.7. The molecular weight excluding hydrogens is 544 g/mol. The third-order valence-electron chi connectivity index (χ3n) is 5.95. The molecule has 3 rings (SSSR count).